The fraction of sp³-hybridized carbons (Fsp3) is 0.455. The van der Waals surface area contributed by atoms with Gasteiger partial charge in [0.25, 0.3) is 5.69 Å². The molecule has 0 aliphatic heterocycles. The Kier molecular flexibility index (Phi) is 3.05. The second-order valence-corrected chi connectivity index (χ2v) is 3.94. The van der Waals surface area contributed by atoms with Gasteiger partial charge in [0.05, 0.1) is 11.0 Å². The van der Waals surface area contributed by atoms with Crippen LogP contribution in [-0.4, -0.2) is 24.2 Å². The molecule has 5 nitrogen and oxygen atoms in total. The molecule has 86 valence electrons. The Morgan fingerprint density at radius 1 is 1.44 bits per heavy atom. The molecule has 0 saturated heterocycles. The van der Waals surface area contributed by atoms with Crippen LogP contribution in [0.3, 0.4) is 0 Å². The van der Waals surface area contributed by atoms with Gasteiger partial charge in [-0.3, -0.25) is 10.1 Å². The van der Waals surface area contributed by atoms with E-state index in [1.807, 2.05) is 0 Å². The Morgan fingerprint density at radius 3 is 2.75 bits per heavy atom. The van der Waals surface area contributed by atoms with Gasteiger partial charge in [-0.05, 0) is 18.9 Å². The van der Waals surface area contributed by atoms with E-state index in [2.05, 4.69) is 5.32 Å². The maximum absolute atomic E-state index is 10.8. The summed E-state index contributed by atoms with van der Waals surface area (Å²) < 4.78 is 5.16. The topological polar surface area (TPSA) is 64.4 Å². The molecule has 0 spiro atoms. The maximum atomic E-state index is 10.8. The number of nitrogens with zero attached hydrogens (tertiary/aromatic N) is 1. The van der Waals surface area contributed by atoms with E-state index in [9.17, 15) is 10.1 Å². The van der Waals surface area contributed by atoms with Crippen molar-refractivity contribution in [1.29, 1.82) is 0 Å². The number of nitrogens with one attached hydrogen (secondary N) is 1. The summed E-state index contributed by atoms with van der Waals surface area (Å²) in [7, 11) is 1.69. The van der Waals surface area contributed by atoms with Crippen molar-refractivity contribution in [2.24, 2.45) is 0 Å². The summed E-state index contributed by atoms with van der Waals surface area (Å²) in [6.45, 7) is 0. The van der Waals surface area contributed by atoms with Crippen LogP contribution in [0.15, 0.2) is 24.3 Å². The van der Waals surface area contributed by atoms with Crippen molar-refractivity contribution in [2.75, 3.05) is 12.4 Å². The quantitative estimate of drug-likeness (QED) is 0.626. The van der Waals surface area contributed by atoms with E-state index in [-0.39, 0.29) is 16.7 Å². The van der Waals surface area contributed by atoms with Crippen LogP contribution in [0.5, 0.6) is 0 Å². The fourth-order valence-electron chi connectivity index (χ4n) is 1.85. The van der Waals surface area contributed by atoms with E-state index in [0.717, 1.165) is 12.8 Å². The van der Waals surface area contributed by atoms with Crippen LogP contribution >= 0.6 is 0 Å². The Morgan fingerprint density at radius 2 is 2.12 bits per heavy atom. The molecule has 0 aromatic heterocycles. The number of methoxy groups -OCH3 is 1. The zero-order valence-corrected chi connectivity index (χ0v) is 9.05. The third kappa shape index (κ3) is 2.14. The molecule has 0 atom stereocenters. The number of ether oxygens (including phenoxy) is 1. The zero-order valence-electron chi connectivity index (χ0n) is 9.05. The first kappa shape index (κ1) is 10.9. The molecule has 0 amide bonds. The number of hydrogen-bond acceptors (Lipinski definition) is 4. The summed E-state index contributed by atoms with van der Waals surface area (Å²) >= 11 is 0. The molecule has 0 unspecified atom stereocenters. The highest BCUT2D eigenvalue weighted by Gasteiger charge is 2.30. The number of hydrogen-bond donors (Lipinski definition) is 1. The molecule has 1 fully saturated rings. The average Bonchev–Trinajstić information content (AvgIpc) is 2.23. The molecule has 0 heterocycles. The lowest BCUT2D eigenvalue weighted by Gasteiger charge is -2.35. The van der Waals surface area contributed by atoms with Crippen LogP contribution in [0.4, 0.5) is 11.4 Å². The first-order valence-corrected chi connectivity index (χ1v) is 5.23. The third-order valence-electron chi connectivity index (χ3n) is 2.89. The highest BCUT2D eigenvalue weighted by atomic mass is 16.6. The van der Waals surface area contributed by atoms with E-state index < -0.39 is 0 Å². The van der Waals surface area contributed by atoms with Crippen LogP contribution in [0, 0.1) is 10.1 Å². The van der Waals surface area contributed by atoms with Gasteiger partial charge in [-0.25, -0.2) is 0 Å². The lowest BCUT2D eigenvalue weighted by Crippen LogP contribution is -2.40. The van der Waals surface area contributed by atoms with Crippen molar-refractivity contribution >= 4 is 11.4 Å². The summed E-state index contributed by atoms with van der Waals surface area (Å²) in [4.78, 5) is 10.4. The molecule has 5 heteroatoms. The molecule has 0 bridgehead atoms. The Balaban J connectivity index is 2.02. The first-order chi connectivity index (χ1) is 7.70. The average molecular weight is 222 g/mol. The zero-order chi connectivity index (χ0) is 11.5. The Labute approximate surface area is 93.6 Å². The normalized spacial score (nSPS) is 23.6. The standard InChI is InChI=1S/C11H14N2O3/c1-16-9-6-8(7-9)12-10-4-2-3-5-11(10)13(14)15/h2-5,8-9,12H,6-7H2,1H3/t8-,9+. The van der Waals surface area contributed by atoms with E-state index >= 15 is 0 Å². The van der Waals surface area contributed by atoms with Gasteiger partial charge in [0.15, 0.2) is 0 Å². The molecular weight excluding hydrogens is 208 g/mol. The van der Waals surface area contributed by atoms with Gasteiger partial charge in [-0.15, -0.1) is 0 Å². The van der Waals surface area contributed by atoms with Crippen molar-refractivity contribution < 1.29 is 9.66 Å². The van der Waals surface area contributed by atoms with Crippen LogP contribution in [0.2, 0.25) is 0 Å². The van der Waals surface area contributed by atoms with E-state index in [0.29, 0.717) is 11.8 Å². The van der Waals surface area contributed by atoms with Gasteiger partial charge in [0.1, 0.15) is 5.69 Å². The maximum Gasteiger partial charge on any atom is 0.292 e. The molecule has 1 aliphatic rings. The summed E-state index contributed by atoms with van der Waals surface area (Å²) in [5.41, 5.74) is 0.718. The van der Waals surface area contributed by atoms with Gasteiger partial charge in [-0.2, -0.15) is 0 Å². The largest absolute Gasteiger partial charge is 0.381 e. The van der Waals surface area contributed by atoms with Crippen molar-refractivity contribution in [3.63, 3.8) is 0 Å². The first-order valence-electron chi connectivity index (χ1n) is 5.23. The summed E-state index contributed by atoms with van der Waals surface area (Å²) in [5.74, 6) is 0. The van der Waals surface area contributed by atoms with Gasteiger partial charge in [0.2, 0.25) is 0 Å². The second-order valence-electron chi connectivity index (χ2n) is 3.94. The molecule has 1 aromatic carbocycles. The molecule has 16 heavy (non-hydrogen) atoms. The summed E-state index contributed by atoms with van der Waals surface area (Å²) in [6, 6.07) is 6.99. The molecule has 0 radical (unpaired) electrons. The SMILES string of the molecule is CO[C@H]1C[C@@H](Nc2ccccc2[N+](=O)[O-])C1. The molecule has 1 N–H and O–H groups in total. The van der Waals surface area contributed by atoms with Gasteiger partial charge in [-0.1, -0.05) is 12.1 Å². The smallest absolute Gasteiger partial charge is 0.292 e. The highest BCUT2D eigenvalue weighted by Crippen LogP contribution is 2.30. The monoisotopic (exact) mass is 222 g/mol. The van der Waals surface area contributed by atoms with E-state index in [1.165, 1.54) is 6.07 Å². The molecule has 2 rings (SSSR count). The number of anilines is 1. The predicted octanol–water partition coefficient (Wildman–Crippen LogP) is 2.18. The van der Waals surface area contributed by atoms with Crippen molar-refractivity contribution in [1.82, 2.24) is 0 Å². The van der Waals surface area contributed by atoms with Gasteiger partial charge >= 0.3 is 0 Å². The molecule has 1 aliphatic carbocycles. The van der Waals surface area contributed by atoms with Gasteiger partial charge in [0, 0.05) is 19.2 Å². The van der Waals surface area contributed by atoms with Crippen molar-refractivity contribution in [3.8, 4) is 0 Å². The van der Waals surface area contributed by atoms with Crippen LogP contribution in [0.25, 0.3) is 0 Å². The number of nitro groups is 1. The fourth-order valence-corrected chi connectivity index (χ4v) is 1.85. The number of benzene rings is 1. The lowest BCUT2D eigenvalue weighted by molar-refractivity contribution is -0.384. The highest BCUT2D eigenvalue weighted by molar-refractivity contribution is 5.61. The Hall–Kier alpha value is -1.62. The van der Waals surface area contributed by atoms with Crippen molar-refractivity contribution in [2.45, 2.75) is 25.0 Å². The lowest BCUT2D eigenvalue weighted by atomic mass is 9.89. The third-order valence-corrected chi connectivity index (χ3v) is 2.89. The Bertz CT molecular complexity index is 389. The molecule has 1 saturated carbocycles. The summed E-state index contributed by atoms with van der Waals surface area (Å²) in [5, 5.41) is 13.9. The predicted molar refractivity (Wildman–Crippen MR) is 60.5 cm³/mol. The number of rotatable bonds is 4. The second kappa shape index (κ2) is 4.49. The molecular formula is C11H14N2O3. The van der Waals surface area contributed by atoms with Crippen molar-refractivity contribution in [3.05, 3.63) is 34.4 Å². The number of para-hydroxylation sites is 2. The molecule has 1 aromatic rings. The minimum Gasteiger partial charge on any atom is -0.381 e. The summed E-state index contributed by atoms with van der Waals surface area (Å²) in [6.07, 6.45) is 2.10. The van der Waals surface area contributed by atoms with Crippen LogP contribution in [-0.2, 0) is 4.74 Å². The minimum atomic E-state index is -0.366. The van der Waals surface area contributed by atoms with E-state index in [4.69, 9.17) is 4.74 Å². The minimum absolute atomic E-state index is 0.128. The van der Waals surface area contributed by atoms with Crippen LogP contribution < -0.4 is 5.32 Å². The van der Waals surface area contributed by atoms with Crippen LogP contribution in [0.1, 0.15) is 12.8 Å². The van der Waals surface area contributed by atoms with Gasteiger partial charge < -0.3 is 10.1 Å². The number of nitro benzene ring substituents is 1. The van der Waals surface area contributed by atoms with E-state index in [1.54, 1.807) is 25.3 Å².